The molecule has 0 saturated heterocycles. The molecule has 4 heteroatoms. The molecule has 0 aromatic rings. The highest BCUT2D eigenvalue weighted by molar-refractivity contribution is 7.85. The normalized spacial score (nSPS) is 13.8. The second kappa shape index (κ2) is 2.43. The molecule has 0 aliphatic heterocycles. The van der Waals surface area contributed by atoms with Crippen LogP contribution in [0.1, 0.15) is 0 Å². The molecule has 0 bridgehead atoms. The molecule has 5 heavy (non-hydrogen) atoms. The van der Waals surface area contributed by atoms with Crippen LogP contribution >= 0.6 is 18.4 Å². The molecule has 0 aromatic heterocycles. The van der Waals surface area contributed by atoms with E-state index in [4.69, 9.17) is 4.79 Å². The fraction of sp³-hybridized carbons (Fsp3) is 0. The van der Waals surface area contributed by atoms with E-state index in [9.17, 15) is 4.57 Å². The molecule has 1 atom stereocenters. The summed E-state index contributed by atoms with van der Waals surface area (Å²) in [5.74, 6) is 0. The van der Waals surface area contributed by atoms with Crippen LogP contribution in [0, 0.1) is 0 Å². The van der Waals surface area contributed by atoms with Gasteiger partial charge in [0.25, 0.3) is 0 Å². The van der Waals surface area contributed by atoms with Crippen molar-refractivity contribution in [1.29, 1.82) is 0 Å². The molecule has 1 unspecified atom stereocenters. The first kappa shape index (κ1) is 5.19. The van der Waals surface area contributed by atoms with E-state index in [1.54, 1.807) is 0 Å². The van der Waals surface area contributed by atoms with Crippen LogP contribution in [0.3, 0.4) is 0 Å². The molecule has 0 amide bonds. The molecule has 0 heterocycles. The lowest BCUT2D eigenvalue weighted by Crippen LogP contribution is -1.39. The fourth-order valence-corrected chi connectivity index (χ4v) is 0. The number of hydrogen-bond donors (Lipinski definition) is 0. The van der Waals surface area contributed by atoms with Crippen molar-refractivity contribution in [1.82, 2.24) is 0 Å². The van der Waals surface area contributed by atoms with Gasteiger partial charge in [-0.2, -0.15) is 0 Å². The van der Waals surface area contributed by atoms with E-state index in [0.29, 0.717) is 0 Å². The van der Waals surface area contributed by atoms with Gasteiger partial charge in [0.05, 0.1) is 0 Å². The Morgan fingerprint density at radius 1 is 1.80 bits per heavy atom. The maximum Gasteiger partial charge on any atom is 0.217 e. The maximum absolute atomic E-state index is 9.40. The first-order chi connectivity index (χ1) is 2.27. The second-order valence-electron chi connectivity index (χ2n) is 0.422. The molecule has 30 valence electrons. The Kier molecular flexibility index (Phi) is 2.52. The van der Waals surface area contributed by atoms with Gasteiger partial charge in [-0.25, -0.2) is 0 Å². The summed E-state index contributed by atoms with van der Waals surface area (Å²) in [6, 6.07) is 0.228. The van der Waals surface area contributed by atoms with Crippen LogP contribution in [0.4, 0.5) is 0 Å². The smallest absolute Gasteiger partial charge is 0.217 e. The van der Waals surface area contributed by atoms with Crippen molar-refractivity contribution in [2.24, 2.45) is 0 Å². The van der Waals surface area contributed by atoms with Gasteiger partial charge in [-0.3, -0.25) is 4.79 Å². The van der Waals surface area contributed by atoms with Crippen LogP contribution in [-0.4, -0.2) is 6.03 Å². The standard InChI is InChI=1S/CH2ClO2P/c2-5(4)1-3/h1,5H. The van der Waals surface area contributed by atoms with Crippen molar-refractivity contribution in [3.63, 3.8) is 0 Å². The third kappa shape index (κ3) is 4.19. The summed E-state index contributed by atoms with van der Waals surface area (Å²) in [6.45, 7) is 0. The highest BCUT2D eigenvalue weighted by Gasteiger charge is 1.76. The average molecular weight is 112 g/mol. The molecule has 0 aliphatic carbocycles. The predicted molar refractivity (Wildman–Crippen MR) is 21.6 cm³/mol. The molecular formula is CH2ClO2P. The first-order valence-corrected chi connectivity index (χ1v) is 3.41. The van der Waals surface area contributed by atoms with E-state index in [0.717, 1.165) is 0 Å². The molecule has 0 spiro atoms. The van der Waals surface area contributed by atoms with Crippen molar-refractivity contribution in [2.75, 3.05) is 0 Å². The van der Waals surface area contributed by atoms with Gasteiger partial charge in [0, 0.05) is 0 Å². The van der Waals surface area contributed by atoms with Gasteiger partial charge in [0.15, 0.2) is 6.03 Å². The van der Waals surface area contributed by atoms with E-state index >= 15 is 0 Å². The van der Waals surface area contributed by atoms with Crippen LogP contribution in [-0.2, 0) is 9.36 Å². The molecule has 0 N–H and O–H groups in total. The Morgan fingerprint density at radius 3 is 2.00 bits per heavy atom. The minimum atomic E-state index is -2.33. The summed E-state index contributed by atoms with van der Waals surface area (Å²) in [5, 5.41) is 0. The van der Waals surface area contributed by atoms with E-state index in [-0.39, 0.29) is 6.03 Å². The Labute approximate surface area is 34.7 Å². The zero-order valence-electron chi connectivity index (χ0n) is 2.27. The molecule has 2 nitrogen and oxygen atoms in total. The zero-order chi connectivity index (χ0) is 4.28. The molecule has 0 radical (unpaired) electrons. The lowest BCUT2D eigenvalue weighted by molar-refractivity contribution is 0.561. The van der Waals surface area contributed by atoms with Crippen molar-refractivity contribution in [2.45, 2.75) is 0 Å². The quantitative estimate of drug-likeness (QED) is 0.373. The van der Waals surface area contributed by atoms with Gasteiger partial charge >= 0.3 is 0 Å². The van der Waals surface area contributed by atoms with Crippen LogP contribution < -0.4 is 0 Å². The SMILES string of the molecule is O=C[PH](=O)Cl. The lowest BCUT2D eigenvalue weighted by atomic mass is 11.8. The van der Waals surface area contributed by atoms with E-state index < -0.39 is 7.15 Å². The van der Waals surface area contributed by atoms with Gasteiger partial charge in [0.1, 0.15) is 0 Å². The summed E-state index contributed by atoms with van der Waals surface area (Å²) in [5.41, 5.74) is 0. The zero-order valence-corrected chi connectivity index (χ0v) is 4.03. The van der Waals surface area contributed by atoms with Gasteiger partial charge in [-0.1, -0.05) is 0 Å². The third-order valence-corrected chi connectivity index (χ3v) is 0.545. The topological polar surface area (TPSA) is 34.1 Å². The van der Waals surface area contributed by atoms with Crippen molar-refractivity contribution < 1.29 is 9.36 Å². The summed E-state index contributed by atoms with van der Waals surface area (Å²) in [6.07, 6.45) is 0. The van der Waals surface area contributed by atoms with Crippen LogP contribution in [0.25, 0.3) is 0 Å². The Morgan fingerprint density at radius 2 is 2.00 bits per heavy atom. The maximum atomic E-state index is 9.40. The Hall–Kier alpha value is 0.190. The van der Waals surface area contributed by atoms with Gasteiger partial charge in [0.2, 0.25) is 7.15 Å². The minimum Gasteiger partial charge on any atom is -0.302 e. The summed E-state index contributed by atoms with van der Waals surface area (Å²) < 4.78 is 9.40. The highest BCUT2D eigenvalue weighted by atomic mass is 35.7. The average Bonchev–Trinajstić information content (AvgIpc) is 1.38. The predicted octanol–water partition coefficient (Wildman–Crippen LogP) is 0.890. The monoisotopic (exact) mass is 112 g/mol. The van der Waals surface area contributed by atoms with Gasteiger partial charge in [-0.15, -0.1) is 0 Å². The summed E-state index contributed by atoms with van der Waals surface area (Å²) >= 11 is 4.64. The van der Waals surface area contributed by atoms with E-state index in [1.165, 1.54) is 0 Å². The summed E-state index contributed by atoms with van der Waals surface area (Å²) in [4.78, 5) is 9.11. The lowest BCUT2D eigenvalue weighted by Gasteiger charge is -1.57. The third-order valence-electron chi connectivity index (χ3n) is 0.0927. The van der Waals surface area contributed by atoms with Crippen LogP contribution in [0.2, 0.25) is 0 Å². The molecule has 0 fully saturated rings. The van der Waals surface area contributed by atoms with Gasteiger partial charge in [-0.05, 0) is 11.2 Å². The number of carbonyl (C=O) groups excluding carboxylic acids is 1. The largest absolute Gasteiger partial charge is 0.302 e. The Balaban J connectivity index is 3.20. The van der Waals surface area contributed by atoms with Gasteiger partial charge < -0.3 is 4.57 Å². The minimum absolute atomic E-state index is 0.228. The molecule has 0 aromatic carbocycles. The van der Waals surface area contributed by atoms with Crippen molar-refractivity contribution in [3.8, 4) is 0 Å². The number of rotatable bonds is 1. The van der Waals surface area contributed by atoms with Crippen molar-refractivity contribution in [3.05, 3.63) is 0 Å². The fourth-order valence-electron chi connectivity index (χ4n) is 0. The number of carbonyl (C=O) groups is 1. The second-order valence-corrected chi connectivity index (χ2v) is 2.38. The molecule has 0 saturated carbocycles. The van der Waals surface area contributed by atoms with Crippen LogP contribution in [0.15, 0.2) is 0 Å². The number of hydrogen-bond acceptors (Lipinski definition) is 2. The van der Waals surface area contributed by atoms with E-state index in [2.05, 4.69) is 11.2 Å². The number of halogens is 1. The first-order valence-electron chi connectivity index (χ1n) is 0.917. The van der Waals surface area contributed by atoms with Crippen molar-refractivity contribution >= 4 is 24.4 Å². The van der Waals surface area contributed by atoms with E-state index in [1.807, 2.05) is 0 Å². The van der Waals surface area contributed by atoms with Crippen LogP contribution in [0.5, 0.6) is 0 Å². The highest BCUT2D eigenvalue weighted by Crippen LogP contribution is 2.19. The molecule has 0 aliphatic rings. The molecular weight excluding hydrogens is 110 g/mol. The molecule has 0 rings (SSSR count). The Bertz CT molecular complexity index is 60.7. The summed E-state index contributed by atoms with van der Waals surface area (Å²) in [7, 11) is -2.33.